The first-order chi connectivity index (χ1) is 12.4. The van der Waals surface area contributed by atoms with Crippen LogP contribution >= 0.6 is 0 Å². The predicted octanol–water partition coefficient (Wildman–Crippen LogP) is 2.68. The highest BCUT2D eigenvalue weighted by atomic mass is 19.1. The van der Waals surface area contributed by atoms with Gasteiger partial charge in [0, 0.05) is 13.6 Å². The molecule has 0 aliphatic heterocycles. The molecule has 2 aromatic carbocycles. The summed E-state index contributed by atoms with van der Waals surface area (Å²) in [4.78, 5) is 26.1. The molecule has 5 nitrogen and oxygen atoms in total. The lowest BCUT2D eigenvalue weighted by Gasteiger charge is -2.28. The van der Waals surface area contributed by atoms with Crippen molar-refractivity contribution in [3.8, 4) is 5.75 Å². The van der Waals surface area contributed by atoms with Crippen molar-refractivity contribution < 1.29 is 18.7 Å². The molecule has 0 heterocycles. The molecule has 0 aliphatic rings. The van der Waals surface area contributed by atoms with E-state index in [1.807, 2.05) is 31.2 Å². The van der Waals surface area contributed by atoms with E-state index in [1.165, 1.54) is 24.1 Å². The molecule has 2 amide bonds. The zero-order valence-corrected chi connectivity index (χ0v) is 15.2. The van der Waals surface area contributed by atoms with Crippen LogP contribution in [0.1, 0.15) is 18.1 Å². The van der Waals surface area contributed by atoms with Crippen molar-refractivity contribution in [1.29, 1.82) is 0 Å². The average Bonchev–Trinajstić information content (AvgIpc) is 2.65. The molecule has 2 rings (SSSR count). The maximum absolute atomic E-state index is 13.7. The number of rotatable bonds is 7. The quantitative estimate of drug-likeness (QED) is 0.828. The number of halogens is 1. The van der Waals surface area contributed by atoms with Crippen molar-refractivity contribution in [1.82, 2.24) is 10.2 Å². The molecule has 1 N–H and O–H groups in total. The van der Waals surface area contributed by atoms with E-state index in [2.05, 4.69) is 5.32 Å². The van der Waals surface area contributed by atoms with Gasteiger partial charge in [-0.1, -0.05) is 42.0 Å². The van der Waals surface area contributed by atoms with E-state index in [0.29, 0.717) is 0 Å². The van der Waals surface area contributed by atoms with Crippen molar-refractivity contribution in [2.45, 2.75) is 26.4 Å². The second-order valence-corrected chi connectivity index (χ2v) is 6.02. The molecule has 1 atom stereocenters. The van der Waals surface area contributed by atoms with Gasteiger partial charge in [0.05, 0.1) is 0 Å². The number of benzene rings is 2. The summed E-state index contributed by atoms with van der Waals surface area (Å²) in [6.07, 6.45) is 0. The SMILES string of the molecule is CNC(=O)[C@@H](C)N(Cc1ccc(C)cc1)C(=O)COc1ccccc1F. The molecule has 0 unspecified atom stereocenters. The summed E-state index contributed by atoms with van der Waals surface area (Å²) >= 11 is 0. The van der Waals surface area contributed by atoms with Crippen LogP contribution in [-0.2, 0) is 16.1 Å². The fraction of sp³-hybridized carbons (Fsp3) is 0.300. The molecule has 0 saturated carbocycles. The third-order valence-corrected chi connectivity index (χ3v) is 4.08. The van der Waals surface area contributed by atoms with Crippen LogP contribution in [0.2, 0.25) is 0 Å². The second kappa shape index (κ2) is 8.99. The Morgan fingerprint density at radius 1 is 1.15 bits per heavy atom. The molecule has 0 aromatic heterocycles. The number of carbonyl (C=O) groups is 2. The molecular formula is C20H23FN2O3. The monoisotopic (exact) mass is 358 g/mol. The lowest BCUT2D eigenvalue weighted by atomic mass is 10.1. The van der Waals surface area contributed by atoms with Gasteiger partial charge in [0.15, 0.2) is 18.2 Å². The summed E-state index contributed by atoms with van der Waals surface area (Å²) in [5.41, 5.74) is 2.00. The summed E-state index contributed by atoms with van der Waals surface area (Å²) < 4.78 is 19.0. The van der Waals surface area contributed by atoms with Gasteiger partial charge in [-0.05, 0) is 31.5 Å². The number of nitrogens with zero attached hydrogens (tertiary/aromatic N) is 1. The van der Waals surface area contributed by atoms with Gasteiger partial charge in [0.1, 0.15) is 6.04 Å². The Bertz CT molecular complexity index is 762. The Kier molecular flexibility index (Phi) is 6.72. The highest BCUT2D eigenvalue weighted by molar-refractivity contribution is 5.87. The van der Waals surface area contributed by atoms with Gasteiger partial charge in [0.25, 0.3) is 5.91 Å². The minimum atomic E-state index is -0.682. The Morgan fingerprint density at radius 2 is 1.81 bits per heavy atom. The van der Waals surface area contributed by atoms with Crippen molar-refractivity contribution in [2.75, 3.05) is 13.7 Å². The number of hydrogen-bond acceptors (Lipinski definition) is 3. The second-order valence-electron chi connectivity index (χ2n) is 6.02. The molecule has 0 fully saturated rings. The minimum Gasteiger partial charge on any atom is -0.481 e. The van der Waals surface area contributed by atoms with Crippen molar-refractivity contribution >= 4 is 11.8 Å². The molecule has 6 heteroatoms. The summed E-state index contributed by atoms with van der Waals surface area (Å²) in [5.74, 6) is -1.21. The molecule has 0 radical (unpaired) electrons. The lowest BCUT2D eigenvalue weighted by molar-refractivity contribution is -0.142. The number of carbonyl (C=O) groups excluding carboxylic acids is 2. The Balaban J connectivity index is 2.13. The van der Waals surface area contributed by atoms with Gasteiger partial charge < -0.3 is 15.0 Å². The normalized spacial score (nSPS) is 11.5. The van der Waals surface area contributed by atoms with Crippen LogP contribution in [0.15, 0.2) is 48.5 Å². The molecule has 0 bridgehead atoms. The van der Waals surface area contributed by atoms with Crippen LogP contribution in [0.3, 0.4) is 0 Å². The van der Waals surface area contributed by atoms with Crippen LogP contribution < -0.4 is 10.1 Å². The summed E-state index contributed by atoms with van der Waals surface area (Å²) in [7, 11) is 1.52. The predicted molar refractivity (Wildman–Crippen MR) is 97.2 cm³/mol. The third-order valence-electron chi connectivity index (χ3n) is 4.08. The fourth-order valence-corrected chi connectivity index (χ4v) is 2.47. The molecule has 0 saturated heterocycles. The minimum absolute atomic E-state index is 0.00346. The summed E-state index contributed by atoms with van der Waals surface area (Å²) in [6, 6.07) is 12.9. The van der Waals surface area contributed by atoms with Gasteiger partial charge in [0.2, 0.25) is 5.91 Å². The molecule has 2 aromatic rings. The van der Waals surface area contributed by atoms with E-state index in [1.54, 1.807) is 19.1 Å². The Labute approximate surface area is 152 Å². The van der Waals surface area contributed by atoms with E-state index in [-0.39, 0.29) is 24.8 Å². The number of para-hydroxylation sites is 1. The van der Waals surface area contributed by atoms with Gasteiger partial charge in [-0.2, -0.15) is 0 Å². The van der Waals surface area contributed by atoms with Gasteiger partial charge in [-0.3, -0.25) is 9.59 Å². The van der Waals surface area contributed by atoms with Crippen LogP contribution in [0.5, 0.6) is 5.75 Å². The van der Waals surface area contributed by atoms with Gasteiger partial charge >= 0.3 is 0 Å². The molecule has 138 valence electrons. The first-order valence-electron chi connectivity index (χ1n) is 8.36. The smallest absolute Gasteiger partial charge is 0.261 e. The van der Waals surface area contributed by atoms with E-state index >= 15 is 0 Å². The van der Waals surface area contributed by atoms with E-state index < -0.39 is 17.8 Å². The van der Waals surface area contributed by atoms with Crippen molar-refractivity contribution in [2.24, 2.45) is 0 Å². The Morgan fingerprint density at radius 3 is 2.42 bits per heavy atom. The third kappa shape index (κ3) is 5.05. The standard InChI is InChI=1S/C20H23FN2O3/c1-14-8-10-16(11-9-14)12-23(15(2)20(25)22-3)19(24)13-26-18-7-5-4-6-17(18)21/h4-11,15H,12-13H2,1-3H3,(H,22,25)/t15-/m1/s1. The highest BCUT2D eigenvalue weighted by Crippen LogP contribution is 2.16. The zero-order chi connectivity index (χ0) is 19.1. The molecule has 0 spiro atoms. The lowest BCUT2D eigenvalue weighted by Crippen LogP contribution is -2.48. The number of hydrogen-bond donors (Lipinski definition) is 1. The Hall–Kier alpha value is -2.89. The van der Waals surface area contributed by atoms with E-state index in [9.17, 15) is 14.0 Å². The number of amides is 2. The average molecular weight is 358 g/mol. The molecule has 0 aliphatic carbocycles. The van der Waals surface area contributed by atoms with E-state index in [4.69, 9.17) is 4.74 Å². The van der Waals surface area contributed by atoms with Crippen LogP contribution in [0, 0.1) is 12.7 Å². The fourth-order valence-electron chi connectivity index (χ4n) is 2.47. The molecule has 26 heavy (non-hydrogen) atoms. The zero-order valence-electron chi connectivity index (χ0n) is 15.2. The topological polar surface area (TPSA) is 58.6 Å². The van der Waals surface area contributed by atoms with Gasteiger partial charge in [-0.25, -0.2) is 4.39 Å². The molecular weight excluding hydrogens is 335 g/mol. The largest absolute Gasteiger partial charge is 0.481 e. The van der Waals surface area contributed by atoms with Gasteiger partial charge in [-0.15, -0.1) is 0 Å². The van der Waals surface area contributed by atoms with Crippen LogP contribution in [0.25, 0.3) is 0 Å². The number of ether oxygens (including phenoxy) is 1. The van der Waals surface area contributed by atoms with Crippen molar-refractivity contribution in [3.05, 3.63) is 65.5 Å². The first kappa shape index (κ1) is 19.4. The maximum Gasteiger partial charge on any atom is 0.261 e. The van der Waals surface area contributed by atoms with E-state index in [0.717, 1.165) is 11.1 Å². The van der Waals surface area contributed by atoms with Crippen molar-refractivity contribution in [3.63, 3.8) is 0 Å². The van der Waals surface area contributed by atoms with Crippen LogP contribution in [-0.4, -0.2) is 36.4 Å². The number of aryl methyl sites for hydroxylation is 1. The maximum atomic E-state index is 13.7. The summed E-state index contributed by atoms with van der Waals surface area (Å²) in [6.45, 7) is 3.53. The number of nitrogens with one attached hydrogen (secondary N) is 1. The number of likely N-dealkylation sites (N-methyl/N-ethyl adjacent to an activating group) is 1. The first-order valence-corrected chi connectivity index (χ1v) is 8.36. The van der Waals surface area contributed by atoms with Crippen LogP contribution in [0.4, 0.5) is 4.39 Å². The highest BCUT2D eigenvalue weighted by Gasteiger charge is 2.26. The summed E-state index contributed by atoms with van der Waals surface area (Å²) in [5, 5.41) is 2.54.